The van der Waals surface area contributed by atoms with E-state index in [2.05, 4.69) is 56.9 Å². The van der Waals surface area contributed by atoms with E-state index in [1.54, 1.807) is 0 Å². The van der Waals surface area contributed by atoms with Gasteiger partial charge in [-0.3, -0.25) is 4.79 Å². The maximum absolute atomic E-state index is 11.6. The summed E-state index contributed by atoms with van der Waals surface area (Å²) in [6.45, 7) is 12.3. The Balaban J connectivity index is 1.58. The minimum absolute atomic E-state index is 0.306. The summed E-state index contributed by atoms with van der Waals surface area (Å²) in [5.41, 5.74) is 1.68. The van der Waals surface area contributed by atoms with Crippen molar-refractivity contribution in [3.63, 3.8) is 0 Å². The first-order chi connectivity index (χ1) is 12.2. The van der Waals surface area contributed by atoms with Gasteiger partial charge >= 0.3 is 7.12 Å². The van der Waals surface area contributed by atoms with Crippen LogP contribution in [-0.2, 0) is 14.1 Å². The zero-order valence-corrected chi connectivity index (χ0v) is 16.9. The Morgan fingerprint density at radius 3 is 2.12 bits per heavy atom. The van der Waals surface area contributed by atoms with Crippen LogP contribution in [0.4, 0.5) is 5.69 Å². The Kier molecular flexibility index (Phi) is 5.50. The van der Waals surface area contributed by atoms with E-state index >= 15 is 0 Å². The Morgan fingerprint density at radius 2 is 1.62 bits per heavy atom. The summed E-state index contributed by atoms with van der Waals surface area (Å²) < 4.78 is 12.3. The van der Waals surface area contributed by atoms with Gasteiger partial charge in [-0.2, -0.15) is 0 Å². The van der Waals surface area contributed by atoms with Gasteiger partial charge in [-0.15, -0.1) is 0 Å². The number of ketones is 1. The summed E-state index contributed by atoms with van der Waals surface area (Å²) in [6.07, 6.45) is 3.63. The molecule has 0 radical (unpaired) electrons. The van der Waals surface area contributed by atoms with Gasteiger partial charge in [0.05, 0.1) is 11.2 Å². The van der Waals surface area contributed by atoms with Crippen molar-refractivity contribution in [2.45, 2.75) is 71.5 Å². The van der Waals surface area contributed by atoms with Crippen molar-refractivity contribution in [2.75, 3.05) is 18.0 Å². The molecule has 0 aromatic heterocycles. The maximum atomic E-state index is 11.6. The number of anilines is 1. The molecular formula is C21H32BNO3. The van der Waals surface area contributed by atoms with E-state index in [9.17, 15) is 4.79 Å². The maximum Gasteiger partial charge on any atom is 0.494 e. The fraction of sp³-hybridized carbons (Fsp3) is 0.667. The van der Waals surface area contributed by atoms with E-state index in [1.807, 2.05) is 6.92 Å². The molecule has 2 fully saturated rings. The number of carbonyl (C=O) groups excluding carboxylic acids is 1. The molecule has 1 aromatic carbocycles. The molecule has 0 amide bonds. The van der Waals surface area contributed by atoms with Gasteiger partial charge in [-0.25, -0.2) is 0 Å². The van der Waals surface area contributed by atoms with Crippen molar-refractivity contribution in [1.82, 2.24) is 0 Å². The minimum Gasteiger partial charge on any atom is -0.399 e. The van der Waals surface area contributed by atoms with Crippen molar-refractivity contribution in [1.29, 1.82) is 0 Å². The number of carbonyl (C=O) groups is 1. The van der Waals surface area contributed by atoms with E-state index < -0.39 is 0 Å². The molecule has 0 N–H and O–H groups in total. The van der Waals surface area contributed by atoms with E-state index in [0.717, 1.165) is 37.8 Å². The first kappa shape index (κ1) is 19.4. The SMILES string of the molecule is CCC(=O)CC1CCN(c2ccc(B3OC(C)(C)C(C)(C)O3)cc2)CC1. The number of Topliss-reactive ketones (excluding diaryl/α,β-unsaturated/α-hetero) is 1. The van der Waals surface area contributed by atoms with Crippen LogP contribution < -0.4 is 10.4 Å². The van der Waals surface area contributed by atoms with Crippen LogP contribution in [-0.4, -0.2) is 37.2 Å². The van der Waals surface area contributed by atoms with Gasteiger partial charge in [0.2, 0.25) is 0 Å². The lowest BCUT2D eigenvalue weighted by Crippen LogP contribution is -2.41. The standard InChI is InChI=1S/C21H32BNO3/c1-6-19(24)15-16-11-13-23(14-12-16)18-9-7-17(8-10-18)22-25-20(2,3)21(4,5)26-22/h7-10,16H,6,11-15H2,1-5H3. The fourth-order valence-corrected chi connectivity index (χ4v) is 3.68. The van der Waals surface area contributed by atoms with Crippen LogP contribution in [0.3, 0.4) is 0 Å². The molecule has 142 valence electrons. The highest BCUT2D eigenvalue weighted by atomic mass is 16.7. The largest absolute Gasteiger partial charge is 0.494 e. The molecule has 2 saturated heterocycles. The van der Waals surface area contributed by atoms with Crippen LogP contribution in [0.25, 0.3) is 0 Å². The zero-order chi connectivity index (χ0) is 18.9. The van der Waals surface area contributed by atoms with Crippen LogP contribution in [0.2, 0.25) is 0 Å². The Morgan fingerprint density at radius 1 is 1.08 bits per heavy atom. The highest BCUT2D eigenvalue weighted by molar-refractivity contribution is 6.62. The van der Waals surface area contributed by atoms with Gasteiger partial charge in [0.15, 0.2) is 0 Å². The summed E-state index contributed by atoms with van der Waals surface area (Å²) in [6, 6.07) is 8.56. The molecule has 0 unspecified atom stereocenters. The molecule has 0 saturated carbocycles. The second-order valence-electron chi connectivity index (χ2n) is 8.71. The van der Waals surface area contributed by atoms with Crippen LogP contribution >= 0.6 is 0 Å². The predicted molar refractivity (Wildman–Crippen MR) is 107 cm³/mol. The summed E-state index contributed by atoms with van der Waals surface area (Å²) in [7, 11) is -0.306. The van der Waals surface area contributed by atoms with Gasteiger partial charge in [0, 0.05) is 31.6 Å². The smallest absolute Gasteiger partial charge is 0.399 e. The lowest BCUT2D eigenvalue weighted by atomic mass is 9.79. The number of nitrogens with zero attached hydrogens (tertiary/aromatic N) is 1. The minimum atomic E-state index is -0.311. The number of rotatable bonds is 5. The van der Waals surface area contributed by atoms with Gasteiger partial charge < -0.3 is 14.2 Å². The van der Waals surface area contributed by atoms with Gasteiger partial charge in [0.25, 0.3) is 0 Å². The summed E-state index contributed by atoms with van der Waals surface area (Å²) in [4.78, 5) is 14.1. The first-order valence-corrected chi connectivity index (χ1v) is 9.94. The average Bonchev–Trinajstić information content (AvgIpc) is 2.83. The number of hydrogen-bond acceptors (Lipinski definition) is 4. The molecular weight excluding hydrogens is 325 g/mol. The molecule has 5 heteroatoms. The molecule has 2 aliphatic heterocycles. The van der Waals surface area contributed by atoms with Gasteiger partial charge in [0.1, 0.15) is 5.78 Å². The number of piperidine rings is 1. The molecule has 4 nitrogen and oxygen atoms in total. The Labute approximate surface area is 158 Å². The third-order valence-electron chi connectivity index (χ3n) is 6.31. The van der Waals surface area contributed by atoms with Crippen molar-refractivity contribution in [3.05, 3.63) is 24.3 Å². The highest BCUT2D eigenvalue weighted by Crippen LogP contribution is 2.36. The highest BCUT2D eigenvalue weighted by Gasteiger charge is 2.51. The summed E-state index contributed by atoms with van der Waals surface area (Å²) in [5, 5.41) is 0. The third kappa shape index (κ3) is 3.99. The molecule has 0 spiro atoms. The van der Waals surface area contributed by atoms with Crippen LogP contribution in [0.15, 0.2) is 24.3 Å². The molecule has 2 heterocycles. The van der Waals surface area contributed by atoms with Crippen molar-refractivity contribution >= 4 is 24.1 Å². The van der Waals surface area contributed by atoms with E-state index in [-0.39, 0.29) is 18.3 Å². The first-order valence-electron chi connectivity index (χ1n) is 9.94. The summed E-state index contributed by atoms with van der Waals surface area (Å²) in [5.74, 6) is 0.956. The fourth-order valence-electron chi connectivity index (χ4n) is 3.68. The quantitative estimate of drug-likeness (QED) is 0.756. The predicted octanol–water partition coefficient (Wildman–Crippen LogP) is 3.57. The monoisotopic (exact) mass is 357 g/mol. The molecule has 0 atom stereocenters. The second kappa shape index (κ2) is 7.36. The van der Waals surface area contributed by atoms with Crippen molar-refractivity contribution < 1.29 is 14.1 Å². The normalized spacial score (nSPS) is 22.7. The van der Waals surface area contributed by atoms with Crippen LogP contribution in [0, 0.1) is 5.92 Å². The number of benzene rings is 1. The molecule has 0 bridgehead atoms. The van der Waals surface area contributed by atoms with Crippen molar-refractivity contribution in [3.8, 4) is 0 Å². The third-order valence-corrected chi connectivity index (χ3v) is 6.31. The molecule has 26 heavy (non-hydrogen) atoms. The van der Waals surface area contributed by atoms with E-state index in [4.69, 9.17) is 9.31 Å². The van der Waals surface area contributed by atoms with Gasteiger partial charge in [-0.05, 0) is 64.1 Å². The molecule has 3 rings (SSSR count). The van der Waals surface area contributed by atoms with E-state index in [1.165, 1.54) is 5.69 Å². The molecule has 2 aliphatic rings. The van der Waals surface area contributed by atoms with Crippen LogP contribution in [0.1, 0.15) is 60.3 Å². The van der Waals surface area contributed by atoms with E-state index in [0.29, 0.717) is 18.1 Å². The van der Waals surface area contributed by atoms with Crippen molar-refractivity contribution in [2.24, 2.45) is 5.92 Å². The average molecular weight is 357 g/mol. The lowest BCUT2D eigenvalue weighted by Gasteiger charge is -2.33. The zero-order valence-electron chi connectivity index (χ0n) is 16.9. The molecule has 1 aromatic rings. The summed E-state index contributed by atoms with van der Waals surface area (Å²) >= 11 is 0. The Bertz CT molecular complexity index is 617. The lowest BCUT2D eigenvalue weighted by molar-refractivity contribution is -0.119. The van der Waals surface area contributed by atoms with Gasteiger partial charge in [-0.1, -0.05) is 19.1 Å². The molecule has 0 aliphatic carbocycles. The van der Waals surface area contributed by atoms with Crippen LogP contribution in [0.5, 0.6) is 0 Å². The Hall–Kier alpha value is -1.33. The topological polar surface area (TPSA) is 38.8 Å². The number of hydrogen-bond donors (Lipinski definition) is 0. The second-order valence-corrected chi connectivity index (χ2v) is 8.71.